The first-order chi connectivity index (χ1) is 16.6. The number of halogens is 3. The second kappa shape index (κ2) is 11.0. The summed E-state index contributed by atoms with van der Waals surface area (Å²) in [5.41, 5.74) is 3.01. The Bertz CT molecular complexity index is 1150. The Balaban J connectivity index is 1.80. The number of aromatic nitrogens is 3. The number of nitrogens with one attached hydrogen (secondary N) is 1. The average molecular weight is 492 g/mol. The molecule has 0 aliphatic carbocycles. The topological polar surface area (TPSA) is 71.8 Å². The quantitative estimate of drug-likeness (QED) is 0.407. The molecule has 3 aromatic rings. The second-order valence-corrected chi connectivity index (χ2v) is 8.61. The van der Waals surface area contributed by atoms with Gasteiger partial charge in [0.15, 0.2) is 5.65 Å². The number of rotatable bonds is 9. The van der Waals surface area contributed by atoms with Crippen LogP contribution >= 0.6 is 0 Å². The molecule has 2 amide bonds. The van der Waals surface area contributed by atoms with Crippen molar-refractivity contribution in [3.63, 3.8) is 0 Å². The first kappa shape index (κ1) is 26.3. The summed E-state index contributed by atoms with van der Waals surface area (Å²) >= 11 is 0. The molecule has 0 aliphatic rings. The van der Waals surface area contributed by atoms with E-state index < -0.39 is 18.1 Å². The predicted octanol–water partition coefficient (Wildman–Crippen LogP) is 5.86. The lowest BCUT2D eigenvalue weighted by Gasteiger charge is -2.31. The Morgan fingerprint density at radius 3 is 2.63 bits per heavy atom. The molecular formula is C25H32F3N5O2. The molecule has 190 valence electrons. The van der Waals surface area contributed by atoms with E-state index in [0.29, 0.717) is 30.2 Å². The Labute approximate surface area is 203 Å². The van der Waals surface area contributed by atoms with Crippen LogP contribution in [0.4, 0.5) is 18.0 Å². The molecule has 1 aromatic carbocycles. The number of amides is 2. The van der Waals surface area contributed by atoms with E-state index in [1.165, 1.54) is 7.11 Å². The molecule has 0 bridgehead atoms. The van der Waals surface area contributed by atoms with Crippen molar-refractivity contribution in [2.45, 2.75) is 58.8 Å². The summed E-state index contributed by atoms with van der Waals surface area (Å²) in [6, 6.07) is 6.42. The maximum absolute atomic E-state index is 13.0. The molecule has 0 spiro atoms. The molecule has 2 heterocycles. The zero-order valence-electron chi connectivity index (χ0n) is 20.6. The van der Waals surface area contributed by atoms with E-state index in [9.17, 15) is 18.0 Å². The number of carbonyl (C=O) groups excluding carboxylic acids is 1. The fourth-order valence-electron chi connectivity index (χ4n) is 4.06. The van der Waals surface area contributed by atoms with Crippen molar-refractivity contribution < 1.29 is 22.7 Å². The molecule has 0 saturated heterocycles. The van der Waals surface area contributed by atoms with Gasteiger partial charge in [-0.05, 0) is 38.3 Å². The smallest absolute Gasteiger partial charge is 0.391 e. The minimum atomic E-state index is -4.28. The molecule has 3 atom stereocenters. The zero-order chi connectivity index (χ0) is 25.8. The van der Waals surface area contributed by atoms with Crippen LogP contribution in [0.1, 0.15) is 52.1 Å². The number of benzene rings is 1. The van der Waals surface area contributed by atoms with Crippen LogP contribution in [0, 0.1) is 5.92 Å². The van der Waals surface area contributed by atoms with Crippen molar-refractivity contribution in [2.75, 3.05) is 13.7 Å². The van der Waals surface area contributed by atoms with Gasteiger partial charge in [-0.25, -0.2) is 14.8 Å². The van der Waals surface area contributed by atoms with E-state index in [2.05, 4.69) is 15.3 Å². The van der Waals surface area contributed by atoms with E-state index in [-0.39, 0.29) is 18.5 Å². The molecule has 10 heteroatoms. The summed E-state index contributed by atoms with van der Waals surface area (Å²) in [6.07, 6.45) is 1.30. The second-order valence-electron chi connectivity index (χ2n) is 8.61. The van der Waals surface area contributed by atoms with Gasteiger partial charge in [-0.15, -0.1) is 0 Å². The molecule has 0 aliphatic heterocycles. The molecular weight excluding hydrogens is 459 g/mol. The number of alkyl halides is 3. The highest BCUT2D eigenvalue weighted by atomic mass is 19.4. The van der Waals surface area contributed by atoms with Crippen molar-refractivity contribution in [1.82, 2.24) is 24.6 Å². The SMILES string of the molecule is CCC(CC(C)C(F)(F)F)NC(=O)N(CC)C(C)c1cccc(-c2cn3ccnc3c(OC)n2)c1. The lowest BCUT2D eigenvalue weighted by Crippen LogP contribution is -2.46. The van der Waals surface area contributed by atoms with E-state index in [1.807, 2.05) is 54.9 Å². The van der Waals surface area contributed by atoms with Gasteiger partial charge in [0.25, 0.3) is 5.88 Å². The van der Waals surface area contributed by atoms with Gasteiger partial charge >= 0.3 is 12.2 Å². The van der Waals surface area contributed by atoms with Crippen LogP contribution in [-0.4, -0.2) is 51.2 Å². The summed E-state index contributed by atoms with van der Waals surface area (Å²) in [4.78, 5) is 23.5. The summed E-state index contributed by atoms with van der Waals surface area (Å²) in [5, 5.41) is 2.80. The zero-order valence-corrected chi connectivity index (χ0v) is 20.6. The number of hydrogen-bond donors (Lipinski definition) is 1. The lowest BCUT2D eigenvalue weighted by molar-refractivity contribution is -0.172. The number of nitrogens with zero attached hydrogens (tertiary/aromatic N) is 4. The minimum Gasteiger partial charge on any atom is -0.478 e. The number of hydrogen-bond acceptors (Lipinski definition) is 4. The van der Waals surface area contributed by atoms with Gasteiger partial charge in [0.2, 0.25) is 0 Å². The third-order valence-electron chi connectivity index (χ3n) is 6.29. The standard InChI is InChI=1S/C25H32F3N5O2/c1-6-20(13-16(3)25(26,27)28)30-24(34)33(7-2)17(4)18-9-8-10-19(14-18)21-15-32-12-11-29-22(32)23(31-21)35-5/h8-12,14-17,20H,6-7,13H2,1-5H3,(H,30,34). The van der Waals surface area contributed by atoms with Crippen molar-refractivity contribution in [1.29, 1.82) is 0 Å². The number of fused-ring (bicyclic) bond motifs is 1. The normalized spacial score (nSPS) is 14.4. The summed E-state index contributed by atoms with van der Waals surface area (Å²) in [6.45, 7) is 7.06. The highest BCUT2D eigenvalue weighted by Gasteiger charge is 2.37. The Morgan fingerprint density at radius 1 is 1.26 bits per heavy atom. The molecule has 35 heavy (non-hydrogen) atoms. The third-order valence-corrected chi connectivity index (χ3v) is 6.29. The molecule has 3 unspecified atom stereocenters. The first-order valence-corrected chi connectivity index (χ1v) is 11.7. The van der Waals surface area contributed by atoms with Gasteiger partial charge in [-0.2, -0.15) is 13.2 Å². The Kier molecular flexibility index (Phi) is 8.24. The van der Waals surface area contributed by atoms with Gasteiger partial charge < -0.3 is 19.4 Å². The molecule has 0 saturated carbocycles. The Hall–Kier alpha value is -3.30. The van der Waals surface area contributed by atoms with Crippen LogP contribution in [0.25, 0.3) is 16.9 Å². The number of methoxy groups -OCH3 is 1. The number of ether oxygens (including phenoxy) is 1. The number of urea groups is 1. The first-order valence-electron chi connectivity index (χ1n) is 11.7. The molecule has 2 aromatic heterocycles. The van der Waals surface area contributed by atoms with Crippen LogP contribution in [0.5, 0.6) is 5.88 Å². The minimum absolute atomic E-state index is 0.155. The van der Waals surface area contributed by atoms with Crippen molar-refractivity contribution in [3.05, 3.63) is 48.4 Å². The number of imidazole rings is 1. The molecule has 0 fully saturated rings. The van der Waals surface area contributed by atoms with Gasteiger partial charge in [0.05, 0.1) is 24.8 Å². The van der Waals surface area contributed by atoms with Crippen LogP contribution < -0.4 is 10.1 Å². The van der Waals surface area contributed by atoms with E-state index in [1.54, 1.807) is 18.0 Å². The maximum atomic E-state index is 13.0. The van der Waals surface area contributed by atoms with Crippen molar-refractivity contribution in [3.8, 4) is 17.1 Å². The Morgan fingerprint density at radius 2 is 2.00 bits per heavy atom. The van der Waals surface area contributed by atoms with Crippen molar-refractivity contribution >= 4 is 11.7 Å². The third kappa shape index (κ3) is 6.04. The monoisotopic (exact) mass is 491 g/mol. The van der Waals surface area contributed by atoms with Crippen LogP contribution in [0.15, 0.2) is 42.9 Å². The maximum Gasteiger partial charge on any atom is 0.391 e. The highest BCUT2D eigenvalue weighted by molar-refractivity contribution is 5.75. The van der Waals surface area contributed by atoms with Crippen LogP contribution in [-0.2, 0) is 0 Å². The summed E-state index contributed by atoms with van der Waals surface area (Å²) < 4.78 is 46.2. The molecule has 1 N–H and O–H groups in total. The fourth-order valence-corrected chi connectivity index (χ4v) is 4.06. The summed E-state index contributed by atoms with van der Waals surface area (Å²) in [5.74, 6) is -1.09. The van der Waals surface area contributed by atoms with E-state index in [0.717, 1.165) is 18.1 Å². The molecule has 7 nitrogen and oxygen atoms in total. The predicted molar refractivity (Wildman–Crippen MR) is 128 cm³/mol. The van der Waals surface area contributed by atoms with Gasteiger partial charge in [0, 0.05) is 36.7 Å². The summed E-state index contributed by atoms with van der Waals surface area (Å²) in [7, 11) is 1.54. The van der Waals surface area contributed by atoms with Gasteiger partial charge in [-0.3, -0.25) is 0 Å². The van der Waals surface area contributed by atoms with Crippen LogP contribution in [0.2, 0.25) is 0 Å². The lowest BCUT2D eigenvalue weighted by atomic mass is 9.99. The van der Waals surface area contributed by atoms with Crippen molar-refractivity contribution in [2.24, 2.45) is 5.92 Å². The van der Waals surface area contributed by atoms with Crippen LogP contribution in [0.3, 0.4) is 0 Å². The largest absolute Gasteiger partial charge is 0.478 e. The van der Waals surface area contributed by atoms with Gasteiger partial charge in [-0.1, -0.05) is 32.0 Å². The average Bonchev–Trinajstić information content (AvgIpc) is 3.31. The van der Waals surface area contributed by atoms with Gasteiger partial charge in [0.1, 0.15) is 0 Å². The van der Waals surface area contributed by atoms with E-state index >= 15 is 0 Å². The molecule has 0 radical (unpaired) electrons. The highest BCUT2D eigenvalue weighted by Crippen LogP contribution is 2.30. The van der Waals surface area contributed by atoms with E-state index in [4.69, 9.17) is 4.74 Å². The number of carbonyl (C=O) groups is 1. The molecule has 3 rings (SSSR count). The fraction of sp³-hybridized carbons (Fsp3) is 0.480.